The third-order valence-corrected chi connectivity index (χ3v) is 5.10. The number of ether oxygens (including phenoxy) is 2. The maximum absolute atomic E-state index is 12.3. The second-order valence-corrected chi connectivity index (χ2v) is 7.33. The summed E-state index contributed by atoms with van der Waals surface area (Å²) in [7, 11) is 0. The molecule has 1 amide bonds. The number of aryl methyl sites for hydroxylation is 1. The van der Waals surface area contributed by atoms with Crippen LogP contribution in [-0.2, 0) is 22.4 Å². The molecule has 0 aliphatic rings. The summed E-state index contributed by atoms with van der Waals surface area (Å²) in [6.07, 6.45) is 6.30. The fourth-order valence-electron chi connectivity index (χ4n) is 2.78. The lowest BCUT2D eigenvalue weighted by Crippen LogP contribution is -2.25. The lowest BCUT2D eigenvalue weighted by Gasteiger charge is -2.16. The van der Waals surface area contributed by atoms with Gasteiger partial charge in [0.2, 0.25) is 0 Å². The molecule has 10 heteroatoms. The number of hydrogen-bond acceptors (Lipinski definition) is 8. The highest BCUT2D eigenvalue weighted by Gasteiger charge is 2.14. The highest BCUT2D eigenvalue weighted by Crippen LogP contribution is 2.21. The Morgan fingerprint density at radius 3 is 2.73 bits per heavy atom. The number of nitrogens with zero attached hydrogens (tertiary/aromatic N) is 5. The summed E-state index contributed by atoms with van der Waals surface area (Å²) >= 11 is 1.62. The van der Waals surface area contributed by atoms with Crippen LogP contribution in [0.4, 0.5) is 0 Å². The molecule has 0 spiro atoms. The molecule has 0 saturated carbocycles. The molecule has 0 radical (unpaired) electrons. The van der Waals surface area contributed by atoms with Crippen LogP contribution in [0, 0.1) is 0 Å². The van der Waals surface area contributed by atoms with E-state index in [0.29, 0.717) is 26.3 Å². The molecule has 1 N–H and O–H groups in total. The monoisotopic (exact) mass is 430 g/mol. The van der Waals surface area contributed by atoms with Crippen LogP contribution in [0.5, 0.6) is 0 Å². The van der Waals surface area contributed by atoms with Crippen molar-refractivity contribution < 1.29 is 14.3 Å². The van der Waals surface area contributed by atoms with Crippen LogP contribution in [0.3, 0.4) is 0 Å². The predicted molar refractivity (Wildman–Crippen MR) is 113 cm³/mol. The van der Waals surface area contributed by atoms with Crippen molar-refractivity contribution in [3.63, 3.8) is 0 Å². The Morgan fingerprint density at radius 2 is 2.00 bits per heavy atom. The van der Waals surface area contributed by atoms with Gasteiger partial charge in [-0.2, -0.15) is 0 Å². The summed E-state index contributed by atoms with van der Waals surface area (Å²) < 4.78 is 12.5. The minimum absolute atomic E-state index is 0.248. The molecule has 0 fully saturated rings. The van der Waals surface area contributed by atoms with E-state index in [2.05, 4.69) is 25.6 Å². The topological polar surface area (TPSA) is 104 Å². The second-order valence-electron chi connectivity index (χ2n) is 6.39. The SMILES string of the molecule is CCOC(Cn1cc(C(=O)NCCCc2nc(-c3ccncc3)cs2)nn1)OCC. The van der Waals surface area contributed by atoms with Gasteiger partial charge in [-0.25, -0.2) is 9.67 Å². The fraction of sp³-hybridized carbons (Fsp3) is 0.450. The number of rotatable bonds is 12. The third kappa shape index (κ3) is 6.41. The molecule has 3 aromatic rings. The Morgan fingerprint density at radius 1 is 1.23 bits per heavy atom. The van der Waals surface area contributed by atoms with Gasteiger partial charge in [0.05, 0.1) is 23.4 Å². The van der Waals surface area contributed by atoms with Gasteiger partial charge in [-0.3, -0.25) is 9.78 Å². The van der Waals surface area contributed by atoms with Gasteiger partial charge in [-0.1, -0.05) is 5.21 Å². The Bertz CT molecular complexity index is 908. The molecular weight excluding hydrogens is 404 g/mol. The van der Waals surface area contributed by atoms with Gasteiger partial charge in [0.15, 0.2) is 12.0 Å². The van der Waals surface area contributed by atoms with Crippen molar-refractivity contribution in [1.29, 1.82) is 0 Å². The first-order chi connectivity index (χ1) is 14.7. The molecule has 3 heterocycles. The number of nitrogens with one attached hydrogen (secondary N) is 1. The van der Waals surface area contributed by atoms with E-state index in [1.165, 1.54) is 0 Å². The van der Waals surface area contributed by atoms with E-state index in [9.17, 15) is 4.79 Å². The maximum Gasteiger partial charge on any atom is 0.273 e. The molecule has 30 heavy (non-hydrogen) atoms. The lowest BCUT2D eigenvalue weighted by molar-refractivity contribution is -0.145. The Labute approximate surface area is 179 Å². The molecule has 3 aromatic heterocycles. The van der Waals surface area contributed by atoms with E-state index in [-0.39, 0.29) is 11.6 Å². The quantitative estimate of drug-likeness (QED) is 0.348. The average Bonchev–Trinajstić information content (AvgIpc) is 3.42. The van der Waals surface area contributed by atoms with E-state index < -0.39 is 6.29 Å². The maximum atomic E-state index is 12.3. The van der Waals surface area contributed by atoms with E-state index in [0.717, 1.165) is 29.1 Å². The number of carbonyl (C=O) groups excluding carboxylic acids is 1. The van der Waals surface area contributed by atoms with Crippen molar-refractivity contribution in [3.05, 3.63) is 46.8 Å². The number of aromatic nitrogens is 5. The smallest absolute Gasteiger partial charge is 0.273 e. The third-order valence-electron chi connectivity index (χ3n) is 4.19. The minimum Gasteiger partial charge on any atom is -0.351 e. The number of hydrogen-bond donors (Lipinski definition) is 1. The van der Waals surface area contributed by atoms with Gasteiger partial charge in [0.25, 0.3) is 5.91 Å². The summed E-state index contributed by atoms with van der Waals surface area (Å²) in [5.41, 5.74) is 2.28. The highest BCUT2D eigenvalue weighted by molar-refractivity contribution is 7.09. The van der Waals surface area contributed by atoms with Crippen molar-refractivity contribution in [1.82, 2.24) is 30.3 Å². The first-order valence-corrected chi connectivity index (χ1v) is 10.8. The van der Waals surface area contributed by atoms with Crippen LogP contribution in [-0.4, -0.2) is 56.9 Å². The predicted octanol–water partition coefficient (Wildman–Crippen LogP) is 2.56. The molecule has 0 saturated heterocycles. The molecule has 0 atom stereocenters. The van der Waals surface area contributed by atoms with Crippen molar-refractivity contribution in [3.8, 4) is 11.3 Å². The highest BCUT2D eigenvalue weighted by atomic mass is 32.1. The second kappa shape index (κ2) is 11.5. The molecule has 0 aliphatic heterocycles. The minimum atomic E-state index is -0.409. The molecule has 0 aromatic carbocycles. The largest absolute Gasteiger partial charge is 0.351 e. The number of thiazole rings is 1. The van der Waals surface area contributed by atoms with Gasteiger partial charge in [0, 0.05) is 49.5 Å². The molecule has 9 nitrogen and oxygen atoms in total. The molecule has 0 unspecified atom stereocenters. The van der Waals surface area contributed by atoms with Crippen molar-refractivity contribution in [2.45, 2.75) is 39.5 Å². The lowest BCUT2D eigenvalue weighted by atomic mass is 10.2. The number of amides is 1. The Hall–Kier alpha value is -2.69. The molecule has 3 rings (SSSR count). The van der Waals surface area contributed by atoms with Crippen LogP contribution in [0.2, 0.25) is 0 Å². The normalized spacial score (nSPS) is 11.2. The zero-order valence-corrected chi connectivity index (χ0v) is 18.0. The summed E-state index contributed by atoms with van der Waals surface area (Å²) in [6, 6.07) is 3.88. The van der Waals surface area contributed by atoms with Gasteiger partial charge in [-0.05, 0) is 32.4 Å². The van der Waals surface area contributed by atoms with Crippen LogP contribution >= 0.6 is 11.3 Å². The van der Waals surface area contributed by atoms with Gasteiger partial charge in [0.1, 0.15) is 0 Å². The first kappa shape index (κ1) is 22.0. The zero-order valence-electron chi connectivity index (χ0n) is 17.2. The number of carbonyl (C=O) groups is 1. The summed E-state index contributed by atoms with van der Waals surface area (Å²) in [4.78, 5) is 21.0. The summed E-state index contributed by atoms with van der Waals surface area (Å²) in [5.74, 6) is -0.248. The number of pyridine rings is 1. The van der Waals surface area contributed by atoms with E-state index in [1.54, 1.807) is 34.6 Å². The molecule has 160 valence electrons. The van der Waals surface area contributed by atoms with Gasteiger partial charge < -0.3 is 14.8 Å². The molecule has 0 bridgehead atoms. The van der Waals surface area contributed by atoms with Gasteiger partial charge >= 0.3 is 0 Å². The van der Waals surface area contributed by atoms with Crippen molar-refractivity contribution in [2.24, 2.45) is 0 Å². The van der Waals surface area contributed by atoms with Crippen LogP contribution < -0.4 is 5.32 Å². The molecule has 0 aliphatic carbocycles. The van der Waals surface area contributed by atoms with Crippen LogP contribution in [0.25, 0.3) is 11.3 Å². The Balaban J connectivity index is 1.42. The van der Waals surface area contributed by atoms with Crippen molar-refractivity contribution in [2.75, 3.05) is 19.8 Å². The van der Waals surface area contributed by atoms with Crippen LogP contribution in [0.15, 0.2) is 36.1 Å². The standard InChI is InChI=1S/C20H26N6O3S/c1-3-28-19(29-4-2)13-26-12-16(24-25-26)20(27)22-9-5-6-18-23-17(14-30-18)15-7-10-21-11-8-15/h7-8,10-12,14,19H,3-6,9,13H2,1-2H3,(H,22,27). The summed E-state index contributed by atoms with van der Waals surface area (Å²) in [6.45, 7) is 5.80. The van der Waals surface area contributed by atoms with Crippen molar-refractivity contribution >= 4 is 17.2 Å². The molecular formula is C20H26N6O3S. The van der Waals surface area contributed by atoms with Gasteiger partial charge in [-0.15, -0.1) is 16.4 Å². The first-order valence-electron chi connectivity index (χ1n) is 9.96. The fourth-order valence-corrected chi connectivity index (χ4v) is 3.63. The van der Waals surface area contributed by atoms with E-state index in [4.69, 9.17) is 9.47 Å². The summed E-state index contributed by atoms with van der Waals surface area (Å²) in [5, 5.41) is 13.9. The van der Waals surface area contributed by atoms with E-state index >= 15 is 0 Å². The Kier molecular flexibility index (Phi) is 8.42. The average molecular weight is 431 g/mol. The zero-order chi connectivity index (χ0) is 21.2. The van der Waals surface area contributed by atoms with Crippen LogP contribution in [0.1, 0.15) is 35.8 Å². The van der Waals surface area contributed by atoms with E-state index in [1.807, 2.05) is 31.4 Å².